The molecule has 1 aliphatic rings. The van der Waals surface area contributed by atoms with E-state index in [-0.39, 0.29) is 17.7 Å². The summed E-state index contributed by atoms with van der Waals surface area (Å²) < 4.78 is 29.0. The molecule has 0 radical (unpaired) electrons. The van der Waals surface area contributed by atoms with Crippen molar-refractivity contribution in [3.63, 3.8) is 0 Å². The van der Waals surface area contributed by atoms with E-state index in [2.05, 4.69) is 25.7 Å². The molecule has 0 amide bonds. The van der Waals surface area contributed by atoms with E-state index in [9.17, 15) is 14.4 Å². The Morgan fingerprint density at radius 3 is 2.40 bits per heavy atom. The number of benzene rings is 2. The highest BCUT2D eigenvalue weighted by molar-refractivity contribution is 9.10. The van der Waals surface area contributed by atoms with Gasteiger partial charge in [-0.1, -0.05) is 23.5 Å². The summed E-state index contributed by atoms with van der Waals surface area (Å²) in [4.78, 5) is 42.7. The smallest absolute Gasteiger partial charge is 0.343 e. The van der Waals surface area contributed by atoms with Crippen molar-refractivity contribution >= 4 is 45.3 Å². The third-order valence-electron chi connectivity index (χ3n) is 5.83. The van der Waals surface area contributed by atoms with Crippen LogP contribution in [0.5, 0.6) is 17.2 Å². The number of thiazole rings is 1. The molecule has 0 saturated heterocycles. The Morgan fingerprint density at radius 2 is 1.73 bits per heavy atom. The number of carbonyl (C=O) groups is 2. The third kappa shape index (κ3) is 6.13. The van der Waals surface area contributed by atoms with E-state index < -0.39 is 18.0 Å². The van der Waals surface area contributed by atoms with E-state index in [1.807, 2.05) is 13.8 Å². The number of ether oxygens (including phenoxy) is 5. The summed E-state index contributed by atoms with van der Waals surface area (Å²) in [6.45, 7) is 4.37. The highest BCUT2D eigenvalue weighted by Crippen LogP contribution is 2.35. The van der Waals surface area contributed by atoms with Crippen LogP contribution in [0.4, 0.5) is 0 Å². The molecule has 210 valence electrons. The van der Waals surface area contributed by atoms with Gasteiger partial charge in [0.15, 0.2) is 22.9 Å². The third-order valence-corrected chi connectivity index (χ3v) is 7.45. The number of hydrogen-bond donors (Lipinski definition) is 0. The molecule has 0 fully saturated rings. The molecule has 0 unspecified atom stereocenters. The molecule has 0 aliphatic carbocycles. The average molecular weight is 632 g/mol. The van der Waals surface area contributed by atoms with Crippen molar-refractivity contribution in [3.8, 4) is 17.2 Å². The zero-order valence-corrected chi connectivity index (χ0v) is 24.7. The van der Waals surface area contributed by atoms with E-state index >= 15 is 0 Å². The van der Waals surface area contributed by atoms with Crippen LogP contribution < -0.4 is 29.1 Å². The molecule has 1 aromatic heterocycles. The lowest BCUT2D eigenvalue weighted by molar-refractivity contribution is -0.143. The molecule has 3 aromatic rings. The summed E-state index contributed by atoms with van der Waals surface area (Å²) >= 11 is 4.64. The second kappa shape index (κ2) is 13.0. The number of fused-ring (bicyclic) bond motifs is 1. The zero-order chi connectivity index (χ0) is 28.8. The van der Waals surface area contributed by atoms with Crippen LogP contribution in [0.15, 0.2) is 62.4 Å². The van der Waals surface area contributed by atoms with E-state index in [4.69, 9.17) is 18.9 Å². The van der Waals surface area contributed by atoms with Crippen molar-refractivity contribution in [2.24, 2.45) is 4.99 Å². The van der Waals surface area contributed by atoms with Gasteiger partial charge >= 0.3 is 11.9 Å². The van der Waals surface area contributed by atoms with Gasteiger partial charge in [0.1, 0.15) is 5.75 Å². The number of rotatable bonds is 10. The molecule has 10 nitrogen and oxygen atoms in total. The minimum atomic E-state index is -0.790. The van der Waals surface area contributed by atoms with Gasteiger partial charge in [0, 0.05) is 6.20 Å². The summed E-state index contributed by atoms with van der Waals surface area (Å²) in [7, 11) is 2.57. The summed E-state index contributed by atoms with van der Waals surface area (Å²) in [5.74, 6) is 0.422. The van der Waals surface area contributed by atoms with Crippen LogP contribution in [0.25, 0.3) is 6.08 Å². The number of hydrogen-bond acceptors (Lipinski definition) is 10. The van der Waals surface area contributed by atoms with Gasteiger partial charge in [-0.3, -0.25) is 9.36 Å². The predicted octanol–water partition coefficient (Wildman–Crippen LogP) is 3.13. The first-order valence-corrected chi connectivity index (χ1v) is 13.9. The summed E-state index contributed by atoms with van der Waals surface area (Å²) in [5.41, 5.74) is 1.24. The maximum Gasteiger partial charge on any atom is 0.343 e. The van der Waals surface area contributed by atoms with Crippen LogP contribution in [0, 0.1) is 0 Å². The van der Waals surface area contributed by atoms with E-state index in [0.717, 1.165) is 0 Å². The Balaban J connectivity index is 1.79. The molecule has 1 atom stereocenters. The molecule has 0 spiro atoms. The predicted molar refractivity (Wildman–Crippen MR) is 152 cm³/mol. The quantitative estimate of drug-likeness (QED) is 0.314. The van der Waals surface area contributed by atoms with E-state index in [0.29, 0.717) is 55.4 Å². The van der Waals surface area contributed by atoms with Crippen LogP contribution in [0.3, 0.4) is 0 Å². The molecule has 40 heavy (non-hydrogen) atoms. The Morgan fingerprint density at radius 1 is 1.00 bits per heavy atom. The fourth-order valence-corrected chi connectivity index (χ4v) is 5.54. The van der Waals surface area contributed by atoms with E-state index in [1.165, 1.54) is 36.3 Å². The average Bonchev–Trinajstić information content (AvgIpc) is 3.27. The number of esters is 2. The largest absolute Gasteiger partial charge is 0.490 e. The monoisotopic (exact) mass is 630 g/mol. The molecule has 1 aliphatic heterocycles. The molecular weight excluding hydrogens is 604 g/mol. The van der Waals surface area contributed by atoms with Crippen molar-refractivity contribution < 1.29 is 33.3 Å². The van der Waals surface area contributed by atoms with Crippen LogP contribution in [-0.2, 0) is 19.1 Å². The van der Waals surface area contributed by atoms with Gasteiger partial charge in [0.25, 0.3) is 5.56 Å². The first-order chi connectivity index (χ1) is 19.3. The van der Waals surface area contributed by atoms with Gasteiger partial charge in [0.2, 0.25) is 0 Å². The number of aromatic nitrogens is 1. The fourth-order valence-electron chi connectivity index (χ4n) is 4.06. The number of carbonyl (C=O) groups excluding carboxylic acids is 2. The SMILES string of the molecule is CCOc1ccc([C@@H]2C(C(=O)OC)=CN=c3s/c(=C\c4ccc(OCC(=O)OC)c(Br)c4)c(=O)n32)cc1OCC. The molecule has 12 heteroatoms. The lowest BCUT2D eigenvalue weighted by Gasteiger charge is -2.23. The minimum Gasteiger partial charge on any atom is -0.490 e. The topological polar surface area (TPSA) is 115 Å². The van der Waals surface area contributed by atoms with Crippen LogP contribution in [-0.4, -0.2) is 50.5 Å². The first-order valence-electron chi connectivity index (χ1n) is 12.3. The zero-order valence-electron chi connectivity index (χ0n) is 22.3. The number of halogens is 1. The minimum absolute atomic E-state index is 0.211. The van der Waals surface area contributed by atoms with Crippen molar-refractivity contribution in [1.82, 2.24) is 4.57 Å². The molecule has 0 saturated carbocycles. The normalized spacial score (nSPS) is 14.5. The van der Waals surface area contributed by atoms with Gasteiger partial charge in [-0.05, 0) is 71.2 Å². The highest BCUT2D eigenvalue weighted by atomic mass is 79.9. The fraction of sp³-hybridized carbons (Fsp3) is 0.286. The molecule has 0 bridgehead atoms. The van der Waals surface area contributed by atoms with Crippen LogP contribution >= 0.6 is 27.3 Å². The Bertz CT molecular complexity index is 1640. The summed E-state index contributed by atoms with van der Waals surface area (Å²) in [6.07, 6.45) is 3.16. The van der Waals surface area contributed by atoms with Crippen molar-refractivity contribution in [1.29, 1.82) is 0 Å². The van der Waals surface area contributed by atoms with Gasteiger partial charge in [-0.2, -0.15) is 0 Å². The first kappa shape index (κ1) is 29.1. The van der Waals surface area contributed by atoms with Crippen LogP contribution in [0.1, 0.15) is 31.0 Å². The highest BCUT2D eigenvalue weighted by Gasteiger charge is 2.31. The maximum absolute atomic E-state index is 13.8. The Labute approximate surface area is 242 Å². The number of nitrogens with zero attached hydrogens (tertiary/aromatic N) is 2. The summed E-state index contributed by atoms with van der Waals surface area (Å²) in [6, 6.07) is 9.74. The molecule has 4 rings (SSSR count). The van der Waals surface area contributed by atoms with E-state index in [1.54, 1.807) is 42.5 Å². The second-order valence-corrected chi connectivity index (χ2v) is 10.2. The standard InChI is InChI=1S/C28H27BrN2O8S/c1-5-37-21-10-8-17(13-22(21)38-6-2)25-18(27(34)36-4)14-30-28-31(25)26(33)23(40-28)12-16-7-9-20(19(29)11-16)39-15-24(32)35-3/h7-14,25H,5-6,15H2,1-4H3/b23-12-/t25-/m1/s1. The molecule has 0 N–H and O–H groups in total. The van der Waals surface area contributed by atoms with Gasteiger partial charge in [-0.15, -0.1) is 0 Å². The number of methoxy groups -OCH3 is 2. The summed E-state index contributed by atoms with van der Waals surface area (Å²) in [5, 5.41) is 0. The lowest BCUT2D eigenvalue weighted by Crippen LogP contribution is -2.39. The second-order valence-electron chi connectivity index (χ2n) is 8.30. The Kier molecular flexibility index (Phi) is 9.43. The van der Waals surface area contributed by atoms with Crippen molar-refractivity contribution in [2.45, 2.75) is 19.9 Å². The lowest BCUT2D eigenvalue weighted by atomic mass is 9.97. The van der Waals surface area contributed by atoms with Crippen LogP contribution in [0.2, 0.25) is 0 Å². The van der Waals surface area contributed by atoms with Crippen molar-refractivity contribution in [2.75, 3.05) is 34.0 Å². The van der Waals surface area contributed by atoms with Gasteiger partial charge < -0.3 is 23.7 Å². The maximum atomic E-state index is 13.8. The molecule has 2 heterocycles. The van der Waals surface area contributed by atoms with Gasteiger partial charge in [0.05, 0.1) is 48.1 Å². The molecular formula is C28H27BrN2O8S. The van der Waals surface area contributed by atoms with Crippen molar-refractivity contribution in [3.05, 3.63) is 83.5 Å². The molecule has 2 aromatic carbocycles. The van der Waals surface area contributed by atoms with Gasteiger partial charge in [-0.25, -0.2) is 14.6 Å². The Hall–Kier alpha value is -3.90.